The first-order chi connectivity index (χ1) is 15.7. The molecule has 0 radical (unpaired) electrons. The highest BCUT2D eigenvalue weighted by atomic mass is 32.2. The average Bonchev–Trinajstić information content (AvgIpc) is 3.14. The third kappa shape index (κ3) is 6.91. The van der Waals surface area contributed by atoms with Gasteiger partial charge < -0.3 is 29.9 Å². The number of ether oxygens (including phenoxy) is 3. The van der Waals surface area contributed by atoms with Crippen LogP contribution in [0.5, 0.6) is 11.5 Å². The van der Waals surface area contributed by atoms with Crippen molar-refractivity contribution in [3.8, 4) is 11.5 Å². The van der Waals surface area contributed by atoms with Crippen LogP contribution in [0.25, 0.3) is 0 Å². The molecule has 0 saturated carbocycles. The van der Waals surface area contributed by atoms with E-state index >= 15 is 0 Å². The lowest BCUT2D eigenvalue weighted by molar-refractivity contribution is -0.130. The van der Waals surface area contributed by atoms with E-state index in [2.05, 4.69) is 10.2 Å². The van der Waals surface area contributed by atoms with Crippen molar-refractivity contribution < 1.29 is 23.8 Å². The van der Waals surface area contributed by atoms with Crippen LogP contribution >= 0.6 is 11.8 Å². The molecule has 33 heavy (non-hydrogen) atoms. The van der Waals surface area contributed by atoms with Crippen molar-refractivity contribution in [3.63, 3.8) is 0 Å². The normalized spacial score (nSPS) is 14.2. The number of aromatic nitrogens is 3. The second-order valence-corrected chi connectivity index (χ2v) is 9.32. The fraction of sp³-hybridized carbons (Fsp3) is 0.524. The van der Waals surface area contributed by atoms with Gasteiger partial charge in [0.2, 0.25) is 11.1 Å². The van der Waals surface area contributed by atoms with Crippen LogP contribution in [-0.2, 0) is 16.1 Å². The Morgan fingerprint density at radius 2 is 1.76 bits per heavy atom. The smallest absolute Gasteiger partial charge is 0.410 e. The molecular weight excluding hydrogens is 448 g/mol. The molecule has 0 aliphatic carbocycles. The van der Waals surface area contributed by atoms with E-state index in [9.17, 15) is 9.59 Å². The van der Waals surface area contributed by atoms with E-state index in [1.807, 2.05) is 32.9 Å². The van der Waals surface area contributed by atoms with Crippen molar-refractivity contribution in [1.82, 2.24) is 24.7 Å². The van der Waals surface area contributed by atoms with Gasteiger partial charge in [0.25, 0.3) is 0 Å². The summed E-state index contributed by atoms with van der Waals surface area (Å²) in [6.45, 7) is 7.38. The molecule has 2 N–H and O–H groups in total. The molecule has 11 nitrogen and oxygen atoms in total. The van der Waals surface area contributed by atoms with Gasteiger partial charge in [0.1, 0.15) is 23.7 Å². The highest BCUT2D eigenvalue weighted by molar-refractivity contribution is 7.99. The Kier molecular flexibility index (Phi) is 7.90. The molecule has 1 fully saturated rings. The summed E-state index contributed by atoms with van der Waals surface area (Å²) in [5.74, 6) is 7.91. The van der Waals surface area contributed by atoms with E-state index in [0.717, 1.165) is 0 Å². The maximum Gasteiger partial charge on any atom is 0.410 e. The zero-order valence-electron chi connectivity index (χ0n) is 19.3. The van der Waals surface area contributed by atoms with Crippen molar-refractivity contribution in [2.45, 2.75) is 38.1 Å². The SMILES string of the molecule is COc1cccc(OCc2nnc(SCC(=O)N3CCN(C(=O)OC(C)(C)C)CC3)n2N)c1. The molecule has 12 heteroatoms. The van der Waals surface area contributed by atoms with Crippen LogP contribution in [0.1, 0.15) is 26.6 Å². The minimum absolute atomic E-state index is 0.0546. The quantitative estimate of drug-likeness (QED) is 0.468. The predicted octanol–water partition coefficient (Wildman–Crippen LogP) is 1.75. The summed E-state index contributed by atoms with van der Waals surface area (Å²) in [5, 5.41) is 8.52. The summed E-state index contributed by atoms with van der Waals surface area (Å²) in [6, 6.07) is 7.20. The third-order valence-electron chi connectivity index (χ3n) is 4.75. The Bertz CT molecular complexity index is 968. The van der Waals surface area contributed by atoms with Crippen molar-refractivity contribution in [2.24, 2.45) is 0 Å². The van der Waals surface area contributed by atoms with E-state index in [1.54, 1.807) is 29.0 Å². The summed E-state index contributed by atoms with van der Waals surface area (Å²) in [6.07, 6.45) is -0.357. The molecule has 0 atom stereocenters. The highest BCUT2D eigenvalue weighted by Crippen LogP contribution is 2.21. The fourth-order valence-electron chi connectivity index (χ4n) is 3.03. The summed E-state index contributed by atoms with van der Waals surface area (Å²) in [7, 11) is 1.58. The first kappa shape index (κ1) is 24.5. The summed E-state index contributed by atoms with van der Waals surface area (Å²) < 4.78 is 17.6. The van der Waals surface area contributed by atoms with Gasteiger partial charge in [-0.05, 0) is 32.9 Å². The minimum atomic E-state index is -0.545. The van der Waals surface area contributed by atoms with Crippen LogP contribution < -0.4 is 15.3 Å². The second kappa shape index (κ2) is 10.6. The summed E-state index contributed by atoms with van der Waals surface area (Å²) in [5.41, 5.74) is -0.545. The van der Waals surface area contributed by atoms with Crippen molar-refractivity contribution in [3.05, 3.63) is 30.1 Å². The molecule has 3 rings (SSSR count). The number of thioether (sulfide) groups is 1. The fourth-order valence-corrected chi connectivity index (χ4v) is 3.80. The number of nitrogens with zero attached hydrogens (tertiary/aromatic N) is 5. The van der Waals surface area contributed by atoms with Crippen molar-refractivity contribution in [2.75, 3.05) is 44.9 Å². The first-order valence-corrected chi connectivity index (χ1v) is 11.5. The largest absolute Gasteiger partial charge is 0.497 e. The number of benzene rings is 1. The Balaban J connectivity index is 1.45. The van der Waals surface area contributed by atoms with Gasteiger partial charge in [0.05, 0.1) is 12.9 Å². The van der Waals surface area contributed by atoms with Gasteiger partial charge in [-0.1, -0.05) is 17.8 Å². The lowest BCUT2D eigenvalue weighted by atomic mass is 10.2. The lowest BCUT2D eigenvalue weighted by Crippen LogP contribution is -2.52. The van der Waals surface area contributed by atoms with Crippen LogP contribution in [0.15, 0.2) is 29.4 Å². The predicted molar refractivity (Wildman–Crippen MR) is 123 cm³/mol. The Morgan fingerprint density at radius 1 is 1.09 bits per heavy atom. The molecule has 2 aromatic rings. The van der Waals surface area contributed by atoms with Crippen LogP contribution in [0.2, 0.25) is 0 Å². The lowest BCUT2D eigenvalue weighted by Gasteiger charge is -2.35. The number of hydrogen-bond acceptors (Lipinski definition) is 9. The van der Waals surface area contributed by atoms with Crippen LogP contribution in [0.4, 0.5) is 4.79 Å². The number of amides is 2. The van der Waals surface area contributed by atoms with Gasteiger partial charge in [-0.25, -0.2) is 9.47 Å². The third-order valence-corrected chi connectivity index (χ3v) is 5.68. The molecular formula is C21H30N6O5S. The molecule has 1 saturated heterocycles. The minimum Gasteiger partial charge on any atom is -0.497 e. The monoisotopic (exact) mass is 478 g/mol. The van der Waals surface area contributed by atoms with E-state index in [4.69, 9.17) is 20.1 Å². The van der Waals surface area contributed by atoms with E-state index < -0.39 is 5.60 Å². The molecule has 0 unspecified atom stereocenters. The number of nitrogen functional groups attached to an aromatic ring is 1. The topological polar surface area (TPSA) is 125 Å². The molecule has 1 aliphatic rings. The number of carbonyl (C=O) groups is 2. The van der Waals surface area contributed by atoms with Gasteiger partial charge in [-0.15, -0.1) is 10.2 Å². The molecule has 180 valence electrons. The number of methoxy groups -OCH3 is 1. The average molecular weight is 479 g/mol. The molecule has 1 aromatic heterocycles. The Hall–Kier alpha value is -3.15. The Morgan fingerprint density at radius 3 is 2.42 bits per heavy atom. The molecule has 0 spiro atoms. The van der Waals surface area contributed by atoms with E-state index in [-0.39, 0.29) is 24.4 Å². The number of hydrogen-bond donors (Lipinski definition) is 1. The van der Waals surface area contributed by atoms with Crippen LogP contribution in [-0.4, -0.2) is 81.3 Å². The first-order valence-electron chi connectivity index (χ1n) is 10.5. The van der Waals surface area contributed by atoms with Crippen molar-refractivity contribution >= 4 is 23.8 Å². The molecule has 2 amide bonds. The highest BCUT2D eigenvalue weighted by Gasteiger charge is 2.28. The maximum absolute atomic E-state index is 12.6. The van der Waals surface area contributed by atoms with Gasteiger partial charge in [-0.2, -0.15) is 0 Å². The zero-order chi connectivity index (χ0) is 24.0. The molecule has 1 aliphatic heterocycles. The molecule has 0 bridgehead atoms. The maximum atomic E-state index is 12.6. The molecule has 1 aromatic carbocycles. The standard InChI is InChI=1S/C21H30N6O5S/c1-21(2,3)32-20(29)26-10-8-25(9-11-26)18(28)14-33-19-24-23-17(27(19)22)13-31-16-7-5-6-15(12-16)30-4/h5-7,12H,8-11,13-14,22H2,1-4H3. The van der Waals surface area contributed by atoms with Gasteiger partial charge in [0, 0.05) is 32.2 Å². The number of nitrogens with two attached hydrogens (primary N) is 1. The number of rotatable bonds is 7. The Labute approximate surface area is 197 Å². The van der Waals surface area contributed by atoms with Gasteiger partial charge >= 0.3 is 6.09 Å². The van der Waals surface area contributed by atoms with Crippen LogP contribution in [0, 0.1) is 0 Å². The second-order valence-electron chi connectivity index (χ2n) is 8.37. The molecule has 2 heterocycles. The number of piperazine rings is 1. The van der Waals surface area contributed by atoms with E-state index in [1.165, 1.54) is 16.4 Å². The van der Waals surface area contributed by atoms with E-state index in [0.29, 0.717) is 48.7 Å². The van der Waals surface area contributed by atoms with Crippen molar-refractivity contribution in [1.29, 1.82) is 0 Å². The zero-order valence-corrected chi connectivity index (χ0v) is 20.1. The van der Waals surface area contributed by atoms with Gasteiger partial charge in [-0.3, -0.25) is 4.79 Å². The van der Waals surface area contributed by atoms with Gasteiger partial charge in [0.15, 0.2) is 5.82 Å². The summed E-state index contributed by atoms with van der Waals surface area (Å²) >= 11 is 1.20. The van der Waals surface area contributed by atoms with Crippen LogP contribution in [0.3, 0.4) is 0 Å². The number of carbonyl (C=O) groups excluding carboxylic acids is 2. The summed E-state index contributed by atoms with van der Waals surface area (Å²) in [4.78, 5) is 28.1.